The highest BCUT2D eigenvalue weighted by atomic mass is 35.5. The minimum Gasteiger partial charge on any atom is -0.495 e. The molecule has 0 saturated heterocycles. The summed E-state index contributed by atoms with van der Waals surface area (Å²) in [5, 5.41) is 9.59. The Hall–Kier alpha value is -2.08. The number of benzene rings is 1. The van der Waals surface area contributed by atoms with Crippen LogP contribution >= 0.6 is 11.6 Å². The average Bonchev–Trinajstić information content (AvgIpc) is 2.34. The summed E-state index contributed by atoms with van der Waals surface area (Å²) in [5.41, 5.74) is 0.661. The van der Waals surface area contributed by atoms with Crippen LogP contribution in [0.25, 0.3) is 0 Å². The summed E-state index contributed by atoms with van der Waals surface area (Å²) in [4.78, 5) is 14.9. The molecule has 1 aromatic heterocycles. The fourth-order valence-electron chi connectivity index (χ4n) is 1.42. The number of aromatic amines is 1. The second-order valence-electron chi connectivity index (χ2n) is 3.54. The molecule has 0 amide bonds. The Morgan fingerprint density at radius 1 is 1.44 bits per heavy atom. The van der Waals surface area contributed by atoms with Gasteiger partial charge in [-0.2, -0.15) is 10.1 Å². The minimum absolute atomic E-state index is 0.360. The number of H-pyrrole nitrogens is 1. The normalized spacial score (nSPS) is 10.2. The van der Waals surface area contributed by atoms with Gasteiger partial charge in [0.2, 0.25) is 0 Å². The Kier molecular flexibility index (Phi) is 3.47. The molecule has 0 unspecified atom stereocenters. The monoisotopic (exact) mass is 266 g/mol. The number of aromatic nitrogens is 3. The number of nitrogens with one attached hydrogen (secondary N) is 2. The van der Waals surface area contributed by atoms with E-state index in [4.69, 9.17) is 16.3 Å². The Morgan fingerprint density at radius 2 is 2.22 bits per heavy atom. The van der Waals surface area contributed by atoms with E-state index in [-0.39, 0.29) is 0 Å². The number of aryl methyl sites for hydroxylation is 1. The topological polar surface area (TPSA) is 79.9 Å². The van der Waals surface area contributed by atoms with Crippen molar-refractivity contribution in [1.82, 2.24) is 15.2 Å². The van der Waals surface area contributed by atoms with Crippen molar-refractivity contribution >= 4 is 23.1 Å². The molecule has 0 atom stereocenters. The van der Waals surface area contributed by atoms with Crippen LogP contribution < -0.4 is 15.7 Å². The molecule has 1 aromatic carbocycles. The van der Waals surface area contributed by atoms with Crippen LogP contribution in [0.15, 0.2) is 23.0 Å². The zero-order valence-corrected chi connectivity index (χ0v) is 10.6. The van der Waals surface area contributed by atoms with Crippen LogP contribution in [0.3, 0.4) is 0 Å². The first-order valence-corrected chi connectivity index (χ1v) is 5.52. The number of hydrogen-bond acceptors (Lipinski definition) is 5. The first kappa shape index (κ1) is 12.4. The third-order valence-corrected chi connectivity index (χ3v) is 2.52. The summed E-state index contributed by atoms with van der Waals surface area (Å²) in [5.74, 6) is 0.959. The molecule has 7 heteroatoms. The Bertz CT molecular complexity index is 627. The lowest BCUT2D eigenvalue weighted by Crippen LogP contribution is -2.15. The fraction of sp³-hybridized carbons (Fsp3) is 0.182. The maximum Gasteiger partial charge on any atom is 0.363 e. The molecule has 0 aliphatic rings. The standard InChI is InChI=1S/C11H11ClN4O2/c1-6-10(14-11(17)16-15-6)13-8-5-7(12)3-4-9(8)18-2/h3-5H,1-2H3,(H2,13,14,16,17). The maximum atomic E-state index is 11.1. The van der Waals surface area contributed by atoms with Gasteiger partial charge in [0, 0.05) is 5.02 Å². The lowest BCUT2D eigenvalue weighted by Gasteiger charge is -2.11. The van der Waals surface area contributed by atoms with Gasteiger partial charge >= 0.3 is 5.69 Å². The molecule has 2 aromatic rings. The van der Waals surface area contributed by atoms with Crippen LogP contribution in [0.4, 0.5) is 11.5 Å². The van der Waals surface area contributed by atoms with E-state index in [9.17, 15) is 4.79 Å². The molecule has 6 nitrogen and oxygen atoms in total. The highest BCUT2D eigenvalue weighted by molar-refractivity contribution is 6.31. The highest BCUT2D eigenvalue weighted by Gasteiger charge is 2.08. The van der Waals surface area contributed by atoms with E-state index < -0.39 is 5.69 Å². The SMILES string of the molecule is COc1ccc(Cl)cc1Nc1nc(=O)[nH]nc1C. The number of halogens is 1. The molecule has 1 heterocycles. The van der Waals surface area contributed by atoms with E-state index in [1.165, 1.54) is 0 Å². The fourth-order valence-corrected chi connectivity index (χ4v) is 1.59. The van der Waals surface area contributed by atoms with Crippen molar-refractivity contribution in [1.29, 1.82) is 0 Å². The number of ether oxygens (including phenoxy) is 1. The number of nitrogens with zero attached hydrogens (tertiary/aromatic N) is 2. The molecule has 0 saturated carbocycles. The lowest BCUT2D eigenvalue weighted by atomic mass is 10.3. The molecule has 2 rings (SSSR count). The van der Waals surface area contributed by atoms with Gasteiger partial charge < -0.3 is 10.1 Å². The second kappa shape index (κ2) is 5.05. The Morgan fingerprint density at radius 3 is 2.94 bits per heavy atom. The van der Waals surface area contributed by atoms with Crippen LogP contribution in [0.1, 0.15) is 5.69 Å². The smallest absolute Gasteiger partial charge is 0.363 e. The second-order valence-corrected chi connectivity index (χ2v) is 3.98. The van der Waals surface area contributed by atoms with Gasteiger partial charge in [0.15, 0.2) is 5.82 Å². The van der Waals surface area contributed by atoms with Crippen LogP contribution in [-0.4, -0.2) is 22.3 Å². The van der Waals surface area contributed by atoms with Gasteiger partial charge in [-0.3, -0.25) is 0 Å². The van der Waals surface area contributed by atoms with Crippen molar-refractivity contribution < 1.29 is 4.74 Å². The van der Waals surface area contributed by atoms with Gasteiger partial charge in [-0.05, 0) is 25.1 Å². The minimum atomic E-state index is -0.524. The molecule has 0 spiro atoms. The quantitative estimate of drug-likeness (QED) is 0.887. The summed E-state index contributed by atoms with van der Waals surface area (Å²) in [6.45, 7) is 1.72. The first-order chi connectivity index (χ1) is 8.60. The van der Waals surface area contributed by atoms with E-state index in [0.717, 1.165) is 0 Å². The van der Waals surface area contributed by atoms with Crippen molar-refractivity contribution in [2.24, 2.45) is 0 Å². The largest absolute Gasteiger partial charge is 0.495 e. The predicted molar refractivity (Wildman–Crippen MR) is 68.7 cm³/mol. The summed E-state index contributed by atoms with van der Waals surface area (Å²) in [7, 11) is 1.55. The van der Waals surface area contributed by atoms with E-state index in [2.05, 4.69) is 20.5 Å². The Labute approximate surface area is 108 Å². The van der Waals surface area contributed by atoms with E-state index in [1.54, 1.807) is 32.2 Å². The summed E-state index contributed by atoms with van der Waals surface area (Å²) >= 11 is 5.91. The van der Waals surface area contributed by atoms with Gasteiger partial charge in [0.25, 0.3) is 0 Å². The van der Waals surface area contributed by atoms with Gasteiger partial charge in [-0.1, -0.05) is 11.6 Å². The molecule has 0 fully saturated rings. The van der Waals surface area contributed by atoms with Crippen LogP contribution in [0.5, 0.6) is 5.75 Å². The number of hydrogen-bond donors (Lipinski definition) is 2. The zero-order valence-electron chi connectivity index (χ0n) is 9.82. The van der Waals surface area contributed by atoms with Crippen LogP contribution in [0.2, 0.25) is 5.02 Å². The molecule has 0 radical (unpaired) electrons. The summed E-state index contributed by atoms with van der Waals surface area (Å²) in [6, 6.07) is 5.12. The van der Waals surface area contributed by atoms with E-state index in [1.807, 2.05) is 0 Å². The van der Waals surface area contributed by atoms with Crippen molar-refractivity contribution in [3.05, 3.63) is 39.4 Å². The van der Waals surface area contributed by atoms with Gasteiger partial charge in [0.1, 0.15) is 11.4 Å². The van der Waals surface area contributed by atoms with E-state index >= 15 is 0 Å². The number of anilines is 2. The van der Waals surface area contributed by atoms with Gasteiger partial charge in [0.05, 0.1) is 12.8 Å². The maximum absolute atomic E-state index is 11.1. The molecule has 0 aliphatic heterocycles. The molecule has 0 aliphatic carbocycles. The molecule has 18 heavy (non-hydrogen) atoms. The first-order valence-electron chi connectivity index (χ1n) is 5.14. The molecule has 2 N–H and O–H groups in total. The average molecular weight is 267 g/mol. The van der Waals surface area contributed by atoms with Gasteiger partial charge in [-0.15, -0.1) is 0 Å². The van der Waals surface area contributed by atoms with Crippen molar-refractivity contribution in [3.63, 3.8) is 0 Å². The van der Waals surface area contributed by atoms with Crippen molar-refractivity contribution in [2.75, 3.05) is 12.4 Å². The third-order valence-electron chi connectivity index (χ3n) is 2.29. The van der Waals surface area contributed by atoms with Gasteiger partial charge in [-0.25, -0.2) is 9.89 Å². The Balaban J connectivity index is 2.42. The molecule has 0 bridgehead atoms. The molecule has 94 valence electrons. The zero-order chi connectivity index (χ0) is 13.1. The predicted octanol–water partition coefficient (Wildman–Crippen LogP) is 1.88. The summed E-state index contributed by atoms with van der Waals surface area (Å²) < 4.78 is 5.19. The third kappa shape index (κ3) is 2.60. The molecular weight excluding hydrogens is 256 g/mol. The van der Waals surface area contributed by atoms with Crippen LogP contribution in [-0.2, 0) is 0 Å². The van der Waals surface area contributed by atoms with Crippen molar-refractivity contribution in [3.8, 4) is 5.75 Å². The summed E-state index contributed by atoms with van der Waals surface area (Å²) in [6.07, 6.45) is 0. The lowest BCUT2D eigenvalue weighted by molar-refractivity contribution is 0.417. The highest BCUT2D eigenvalue weighted by Crippen LogP contribution is 2.30. The van der Waals surface area contributed by atoms with E-state index in [0.29, 0.717) is 28.0 Å². The van der Waals surface area contributed by atoms with Crippen molar-refractivity contribution in [2.45, 2.75) is 6.92 Å². The van der Waals surface area contributed by atoms with Crippen LogP contribution in [0, 0.1) is 6.92 Å². The number of rotatable bonds is 3. The molecular formula is C11H11ClN4O2. The number of methoxy groups -OCH3 is 1.